The van der Waals surface area contributed by atoms with Crippen molar-refractivity contribution in [2.45, 2.75) is 38.5 Å². The second kappa shape index (κ2) is 9.20. The van der Waals surface area contributed by atoms with Gasteiger partial charge in [0.05, 0.1) is 32.3 Å². The lowest BCUT2D eigenvalue weighted by Gasteiger charge is -2.36. The molecule has 0 saturated carbocycles. The average Bonchev–Trinajstić information content (AvgIpc) is 3.32. The van der Waals surface area contributed by atoms with Crippen LogP contribution in [0.25, 0.3) is 0 Å². The first-order valence-electron chi connectivity index (χ1n) is 10.6. The number of dihydropyridines is 1. The van der Waals surface area contributed by atoms with Gasteiger partial charge in [-0.2, -0.15) is 0 Å². The summed E-state index contributed by atoms with van der Waals surface area (Å²) in [7, 11) is 3.21. The molecule has 1 N–H and O–H groups in total. The first kappa shape index (κ1) is 22.1. The molecule has 1 aromatic heterocycles. The summed E-state index contributed by atoms with van der Waals surface area (Å²) in [6, 6.07) is 9.72. The normalized spacial score (nSPS) is 20.6. The number of nitrogens with one attached hydrogen (secondary N) is 1. The Hall–Kier alpha value is -3.06. The van der Waals surface area contributed by atoms with Gasteiger partial charge in [-0.3, -0.25) is 4.79 Å². The maximum atomic E-state index is 13.5. The third-order valence-electron chi connectivity index (χ3n) is 6.03. The summed E-state index contributed by atoms with van der Waals surface area (Å²) in [5.41, 5.74) is 3.84. The maximum Gasteiger partial charge on any atom is 0.336 e. The van der Waals surface area contributed by atoms with Gasteiger partial charge >= 0.3 is 5.97 Å². The number of hydrogen-bond donors (Lipinski definition) is 1. The second-order valence-corrected chi connectivity index (χ2v) is 8.85. The summed E-state index contributed by atoms with van der Waals surface area (Å²) in [6.07, 6.45) is 1.04. The van der Waals surface area contributed by atoms with Gasteiger partial charge in [-0.1, -0.05) is 12.1 Å². The molecule has 0 radical (unpaired) electrons. The highest BCUT2D eigenvalue weighted by Crippen LogP contribution is 2.47. The van der Waals surface area contributed by atoms with Crippen molar-refractivity contribution in [3.05, 3.63) is 68.7 Å². The van der Waals surface area contributed by atoms with Crippen molar-refractivity contribution in [3.8, 4) is 11.5 Å². The lowest BCUT2D eigenvalue weighted by molar-refractivity contribution is -0.138. The molecule has 0 spiro atoms. The fourth-order valence-corrected chi connectivity index (χ4v) is 5.44. The van der Waals surface area contributed by atoms with Crippen LogP contribution in [0, 0.1) is 0 Å². The van der Waals surface area contributed by atoms with E-state index in [0.29, 0.717) is 35.5 Å². The highest BCUT2D eigenvalue weighted by atomic mass is 32.1. The van der Waals surface area contributed by atoms with Crippen LogP contribution >= 0.6 is 11.3 Å². The molecule has 4 rings (SSSR count). The minimum Gasteiger partial charge on any atom is -0.493 e. The number of allylic oxidation sites excluding steroid dienone is 3. The zero-order valence-electron chi connectivity index (χ0n) is 18.7. The van der Waals surface area contributed by atoms with E-state index in [0.717, 1.165) is 21.8 Å². The minimum atomic E-state index is -0.399. The van der Waals surface area contributed by atoms with Crippen molar-refractivity contribution >= 4 is 23.1 Å². The SMILES string of the molecule is CCOC(=O)C1=C(C)NC2=C(C(=O)C[C@@H](c3ccc(OC)c(OC)c3)C2)[C@H]1c1cccs1. The molecule has 1 aliphatic carbocycles. The molecular formula is C25H27NO5S. The van der Waals surface area contributed by atoms with Crippen molar-refractivity contribution in [2.24, 2.45) is 0 Å². The number of esters is 1. The van der Waals surface area contributed by atoms with Crippen LogP contribution in [0.5, 0.6) is 11.5 Å². The summed E-state index contributed by atoms with van der Waals surface area (Å²) in [6.45, 7) is 3.95. The fourth-order valence-electron chi connectivity index (χ4n) is 4.60. The average molecular weight is 454 g/mol. The summed E-state index contributed by atoms with van der Waals surface area (Å²) in [5, 5.41) is 5.33. The number of ketones is 1. The van der Waals surface area contributed by atoms with Gasteiger partial charge < -0.3 is 19.5 Å². The molecule has 0 fully saturated rings. The highest BCUT2D eigenvalue weighted by Gasteiger charge is 2.41. The smallest absolute Gasteiger partial charge is 0.336 e. The quantitative estimate of drug-likeness (QED) is 0.640. The van der Waals surface area contributed by atoms with E-state index in [4.69, 9.17) is 14.2 Å². The van der Waals surface area contributed by atoms with E-state index in [1.54, 1.807) is 32.5 Å². The Morgan fingerprint density at radius 2 is 1.94 bits per heavy atom. The summed E-state index contributed by atoms with van der Waals surface area (Å²) < 4.78 is 16.1. The van der Waals surface area contributed by atoms with Crippen molar-refractivity contribution in [1.29, 1.82) is 0 Å². The maximum absolute atomic E-state index is 13.5. The number of rotatable bonds is 6. The van der Waals surface area contributed by atoms with Crippen molar-refractivity contribution in [3.63, 3.8) is 0 Å². The zero-order chi connectivity index (χ0) is 22.8. The van der Waals surface area contributed by atoms with E-state index in [1.165, 1.54) is 0 Å². The number of carbonyl (C=O) groups is 2. The minimum absolute atomic E-state index is 0.00878. The molecule has 6 nitrogen and oxygen atoms in total. The highest BCUT2D eigenvalue weighted by molar-refractivity contribution is 7.10. The number of thiophene rings is 1. The Bertz CT molecular complexity index is 1100. The molecule has 1 aromatic carbocycles. The van der Waals surface area contributed by atoms with Gasteiger partial charge in [0.15, 0.2) is 17.3 Å². The van der Waals surface area contributed by atoms with E-state index in [9.17, 15) is 9.59 Å². The predicted molar refractivity (Wildman–Crippen MR) is 123 cm³/mol. The van der Waals surface area contributed by atoms with Crippen LogP contribution < -0.4 is 14.8 Å². The Morgan fingerprint density at radius 3 is 2.59 bits per heavy atom. The number of ether oxygens (including phenoxy) is 3. The molecule has 7 heteroatoms. The van der Waals surface area contributed by atoms with Crippen molar-refractivity contribution < 1.29 is 23.8 Å². The third kappa shape index (κ3) is 3.93. The first-order valence-corrected chi connectivity index (χ1v) is 11.5. The summed E-state index contributed by atoms with van der Waals surface area (Å²) in [4.78, 5) is 27.3. The Kier molecular flexibility index (Phi) is 6.37. The molecule has 2 heterocycles. The zero-order valence-corrected chi connectivity index (χ0v) is 19.5. The number of benzene rings is 1. The van der Waals surface area contributed by atoms with E-state index in [2.05, 4.69) is 5.32 Å². The molecule has 168 valence electrons. The Labute approximate surface area is 191 Å². The van der Waals surface area contributed by atoms with Gasteiger partial charge in [-0.05, 0) is 55.3 Å². The molecule has 0 bridgehead atoms. The van der Waals surface area contributed by atoms with Crippen LogP contribution in [0.4, 0.5) is 0 Å². The van der Waals surface area contributed by atoms with E-state index >= 15 is 0 Å². The number of hydrogen-bond acceptors (Lipinski definition) is 7. The van der Waals surface area contributed by atoms with Crippen molar-refractivity contribution in [2.75, 3.05) is 20.8 Å². The molecule has 1 aliphatic heterocycles. The molecular weight excluding hydrogens is 426 g/mol. The topological polar surface area (TPSA) is 73.9 Å². The number of carbonyl (C=O) groups excluding carboxylic acids is 2. The van der Waals surface area contributed by atoms with Crippen LogP contribution in [-0.2, 0) is 14.3 Å². The van der Waals surface area contributed by atoms with Crippen LogP contribution in [0.15, 0.2) is 58.3 Å². The molecule has 32 heavy (non-hydrogen) atoms. The molecule has 2 aromatic rings. The van der Waals surface area contributed by atoms with Crippen molar-refractivity contribution in [1.82, 2.24) is 5.32 Å². The van der Waals surface area contributed by atoms with Gasteiger partial charge in [0, 0.05) is 28.3 Å². The first-order chi connectivity index (χ1) is 15.5. The van der Waals surface area contributed by atoms with E-state index < -0.39 is 5.92 Å². The van der Waals surface area contributed by atoms with Crippen LogP contribution in [-0.4, -0.2) is 32.6 Å². The Balaban J connectivity index is 1.74. The second-order valence-electron chi connectivity index (χ2n) is 7.87. The van der Waals surface area contributed by atoms with E-state index in [1.807, 2.05) is 42.6 Å². The Morgan fingerprint density at radius 1 is 1.16 bits per heavy atom. The van der Waals surface area contributed by atoms with Gasteiger partial charge in [-0.15, -0.1) is 11.3 Å². The lowest BCUT2D eigenvalue weighted by Crippen LogP contribution is -2.35. The summed E-state index contributed by atoms with van der Waals surface area (Å²) >= 11 is 1.55. The monoisotopic (exact) mass is 453 g/mol. The number of Topliss-reactive ketones (excluding diaryl/α,β-unsaturated/α-hetero) is 1. The van der Waals surface area contributed by atoms with Crippen LogP contribution in [0.3, 0.4) is 0 Å². The summed E-state index contributed by atoms with van der Waals surface area (Å²) in [5.74, 6) is 0.581. The van der Waals surface area contributed by atoms with Gasteiger partial charge in [0.1, 0.15) is 0 Å². The standard InChI is InChI=1S/C25H27NO5S/c1-5-31-25(28)22-14(2)26-17-11-16(15-8-9-19(29-3)20(13-15)30-4)12-18(27)23(17)24(22)21-7-6-10-32-21/h6-10,13,16,24,26H,5,11-12H2,1-4H3/t16-,24-/m0/s1. The molecule has 0 saturated heterocycles. The largest absolute Gasteiger partial charge is 0.493 e. The lowest BCUT2D eigenvalue weighted by atomic mass is 9.73. The molecule has 0 unspecified atom stereocenters. The van der Waals surface area contributed by atoms with Gasteiger partial charge in [0.2, 0.25) is 0 Å². The molecule has 2 atom stereocenters. The van der Waals surface area contributed by atoms with Gasteiger partial charge in [-0.25, -0.2) is 4.79 Å². The third-order valence-corrected chi connectivity index (χ3v) is 6.97. The van der Waals surface area contributed by atoms with E-state index in [-0.39, 0.29) is 24.3 Å². The number of methoxy groups -OCH3 is 2. The molecule has 0 amide bonds. The van der Waals surface area contributed by atoms with Crippen LogP contribution in [0.2, 0.25) is 0 Å². The fraction of sp³-hybridized carbons (Fsp3) is 0.360. The predicted octanol–water partition coefficient (Wildman–Crippen LogP) is 4.69. The van der Waals surface area contributed by atoms with Gasteiger partial charge in [0.25, 0.3) is 0 Å². The van der Waals surface area contributed by atoms with Crippen LogP contribution in [0.1, 0.15) is 49.0 Å². The molecule has 2 aliphatic rings.